The lowest BCUT2D eigenvalue weighted by atomic mass is 10.1. The lowest BCUT2D eigenvalue weighted by Crippen LogP contribution is -2.46. The first-order chi connectivity index (χ1) is 9.24. The van der Waals surface area contributed by atoms with Crippen LogP contribution in [0.2, 0.25) is 0 Å². The van der Waals surface area contributed by atoms with Gasteiger partial charge in [-0.3, -0.25) is 14.9 Å². The van der Waals surface area contributed by atoms with Gasteiger partial charge in [0, 0.05) is 24.3 Å². The highest BCUT2D eigenvalue weighted by atomic mass is 16.6. The second-order valence-corrected chi connectivity index (χ2v) is 5.42. The molecule has 0 aliphatic carbocycles. The molecule has 0 radical (unpaired) electrons. The number of nitro groups is 1. The number of amides is 1. The molecule has 0 bridgehead atoms. The van der Waals surface area contributed by atoms with E-state index < -0.39 is 4.92 Å². The lowest BCUT2D eigenvalue weighted by molar-refractivity contribution is -0.384. The molecule has 1 rings (SSSR count). The molecule has 1 amide bonds. The largest absolute Gasteiger partial charge is 0.350 e. The van der Waals surface area contributed by atoms with Crippen molar-refractivity contribution in [3.8, 4) is 0 Å². The molecule has 1 aromatic rings. The van der Waals surface area contributed by atoms with E-state index in [2.05, 4.69) is 10.3 Å². The molecule has 110 valence electrons. The molecule has 0 spiro atoms. The minimum atomic E-state index is -0.493. The van der Waals surface area contributed by atoms with Gasteiger partial charge in [0.25, 0.3) is 0 Å². The number of rotatable bonds is 5. The van der Waals surface area contributed by atoms with Gasteiger partial charge in [-0.2, -0.15) is 0 Å². The predicted molar refractivity (Wildman–Crippen MR) is 76.7 cm³/mol. The van der Waals surface area contributed by atoms with Gasteiger partial charge in [-0.25, -0.2) is 4.98 Å². The minimum Gasteiger partial charge on any atom is -0.350 e. The average Bonchev–Trinajstić information content (AvgIpc) is 2.33. The number of carbonyl (C=O) groups is 1. The third-order valence-electron chi connectivity index (χ3n) is 2.49. The highest BCUT2D eigenvalue weighted by Gasteiger charge is 2.22. The maximum Gasteiger partial charge on any atom is 0.311 e. The Kier molecular flexibility index (Phi) is 5.01. The maximum atomic E-state index is 11.9. The summed E-state index contributed by atoms with van der Waals surface area (Å²) in [4.78, 5) is 28.0. The zero-order valence-corrected chi connectivity index (χ0v) is 12.2. The molecule has 0 fully saturated rings. The molecule has 0 aliphatic rings. The van der Waals surface area contributed by atoms with E-state index in [9.17, 15) is 14.9 Å². The molecule has 0 saturated carbocycles. The van der Waals surface area contributed by atoms with Crippen molar-refractivity contribution in [2.75, 3.05) is 18.0 Å². The smallest absolute Gasteiger partial charge is 0.311 e. The Bertz CT molecular complexity index is 497. The molecule has 0 aromatic carbocycles. The van der Waals surface area contributed by atoms with Gasteiger partial charge < -0.3 is 10.2 Å². The first-order valence-corrected chi connectivity index (χ1v) is 6.40. The van der Waals surface area contributed by atoms with Crippen molar-refractivity contribution in [1.29, 1.82) is 0 Å². The van der Waals surface area contributed by atoms with Crippen LogP contribution in [0.1, 0.15) is 27.7 Å². The van der Waals surface area contributed by atoms with Crippen molar-refractivity contribution in [2.24, 2.45) is 0 Å². The van der Waals surface area contributed by atoms with E-state index in [1.165, 1.54) is 18.3 Å². The van der Waals surface area contributed by atoms with Crippen LogP contribution in [-0.4, -0.2) is 34.4 Å². The zero-order chi connectivity index (χ0) is 15.3. The van der Waals surface area contributed by atoms with E-state index in [0.717, 1.165) is 0 Å². The van der Waals surface area contributed by atoms with E-state index >= 15 is 0 Å². The second-order valence-electron chi connectivity index (χ2n) is 5.42. The third-order valence-corrected chi connectivity index (χ3v) is 2.49. The van der Waals surface area contributed by atoms with Gasteiger partial charge in [-0.15, -0.1) is 0 Å². The number of nitrogens with one attached hydrogen (secondary N) is 1. The highest BCUT2D eigenvalue weighted by molar-refractivity contribution is 5.82. The molecular formula is C13H20N4O3. The normalized spacial score (nSPS) is 11.0. The average molecular weight is 280 g/mol. The number of likely N-dealkylation sites (N-methyl/N-ethyl adjacent to an activating group) is 1. The van der Waals surface area contributed by atoms with E-state index in [1.807, 2.05) is 27.7 Å². The van der Waals surface area contributed by atoms with Crippen molar-refractivity contribution in [3.63, 3.8) is 0 Å². The van der Waals surface area contributed by atoms with Gasteiger partial charge >= 0.3 is 5.69 Å². The monoisotopic (exact) mass is 280 g/mol. The number of hydrogen-bond acceptors (Lipinski definition) is 5. The van der Waals surface area contributed by atoms with Crippen LogP contribution >= 0.6 is 0 Å². The van der Waals surface area contributed by atoms with Crippen LogP contribution < -0.4 is 10.2 Å². The summed E-state index contributed by atoms with van der Waals surface area (Å²) in [6.45, 7) is 7.95. The molecule has 1 N–H and O–H groups in total. The molecule has 20 heavy (non-hydrogen) atoms. The Balaban J connectivity index is 2.92. The number of hydrogen-bond donors (Lipinski definition) is 1. The quantitative estimate of drug-likeness (QED) is 0.655. The molecule has 7 heteroatoms. The molecule has 7 nitrogen and oxygen atoms in total. The summed E-state index contributed by atoms with van der Waals surface area (Å²) in [5.41, 5.74) is -0.440. The third kappa shape index (κ3) is 4.49. The van der Waals surface area contributed by atoms with Crippen LogP contribution in [0, 0.1) is 10.1 Å². The summed E-state index contributed by atoms with van der Waals surface area (Å²) in [6, 6.07) is 2.89. The van der Waals surface area contributed by atoms with Gasteiger partial charge in [0.1, 0.15) is 0 Å². The summed E-state index contributed by atoms with van der Waals surface area (Å²) < 4.78 is 0. The number of nitrogens with zero attached hydrogens (tertiary/aromatic N) is 3. The van der Waals surface area contributed by atoms with E-state index in [1.54, 1.807) is 4.90 Å². The highest BCUT2D eigenvalue weighted by Crippen LogP contribution is 2.24. The van der Waals surface area contributed by atoms with Gasteiger partial charge in [0.15, 0.2) is 0 Å². The fourth-order valence-corrected chi connectivity index (χ4v) is 1.74. The van der Waals surface area contributed by atoms with Crippen molar-refractivity contribution < 1.29 is 9.72 Å². The van der Waals surface area contributed by atoms with E-state index in [4.69, 9.17) is 0 Å². The van der Waals surface area contributed by atoms with Crippen LogP contribution in [0.15, 0.2) is 18.3 Å². The van der Waals surface area contributed by atoms with E-state index in [0.29, 0.717) is 6.54 Å². The standard InChI is InChI=1S/C13H20N4O3/c1-5-16(9-11(18)15-13(2,3)4)12-10(17(19)20)7-6-8-14-12/h6-8H,5,9H2,1-4H3,(H,15,18). The number of aromatic nitrogens is 1. The van der Waals surface area contributed by atoms with Crippen LogP contribution in [0.4, 0.5) is 11.5 Å². The predicted octanol–water partition coefficient (Wildman–Crippen LogP) is 1.73. The lowest BCUT2D eigenvalue weighted by Gasteiger charge is -2.25. The van der Waals surface area contributed by atoms with Crippen LogP contribution in [-0.2, 0) is 4.79 Å². The summed E-state index contributed by atoms with van der Waals surface area (Å²) >= 11 is 0. The van der Waals surface area contributed by atoms with Crippen molar-refractivity contribution >= 4 is 17.4 Å². The Morgan fingerprint density at radius 1 is 1.50 bits per heavy atom. The van der Waals surface area contributed by atoms with E-state index in [-0.39, 0.29) is 29.5 Å². The van der Waals surface area contributed by atoms with Gasteiger partial charge in [-0.05, 0) is 33.8 Å². The van der Waals surface area contributed by atoms with Crippen LogP contribution in [0.5, 0.6) is 0 Å². The molecule has 1 heterocycles. The molecule has 0 atom stereocenters. The topological polar surface area (TPSA) is 88.4 Å². The summed E-state index contributed by atoms with van der Waals surface area (Å²) in [7, 11) is 0. The van der Waals surface area contributed by atoms with Crippen LogP contribution in [0.25, 0.3) is 0 Å². The molecule has 0 aliphatic heterocycles. The van der Waals surface area contributed by atoms with Gasteiger partial charge in [0.05, 0.1) is 11.5 Å². The Morgan fingerprint density at radius 3 is 2.65 bits per heavy atom. The van der Waals surface area contributed by atoms with Gasteiger partial charge in [0.2, 0.25) is 11.7 Å². The number of anilines is 1. The molecule has 0 unspecified atom stereocenters. The minimum absolute atomic E-state index is 0.0334. The summed E-state index contributed by atoms with van der Waals surface area (Å²) in [5.74, 6) is 0.0170. The first kappa shape index (κ1) is 15.9. The molecule has 1 aromatic heterocycles. The molecular weight excluding hydrogens is 260 g/mol. The second kappa shape index (κ2) is 6.31. The maximum absolute atomic E-state index is 11.9. The van der Waals surface area contributed by atoms with Gasteiger partial charge in [-0.1, -0.05) is 0 Å². The summed E-state index contributed by atoms with van der Waals surface area (Å²) in [5, 5.41) is 13.8. The zero-order valence-electron chi connectivity index (χ0n) is 12.2. The fourth-order valence-electron chi connectivity index (χ4n) is 1.74. The van der Waals surface area contributed by atoms with Crippen LogP contribution in [0.3, 0.4) is 0 Å². The van der Waals surface area contributed by atoms with Crippen molar-refractivity contribution in [1.82, 2.24) is 10.3 Å². The summed E-state index contributed by atoms with van der Waals surface area (Å²) in [6.07, 6.45) is 1.48. The Hall–Kier alpha value is -2.18. The molecule has 0 saturated heterocycles. The van der Waals surface area contributed by atoms with Crippen molar-refractivity contribution in [2.45, 2.75) is 33.2 Å². The first-order valence-electron chi connectivity index (χ1n) is 6.40. The number of pyridine rings is 1. The Labute approximate surface area is 118 Å². The fraction of sp³-hybridized carbons (Fsp3) is 0.538. The number of carbonyl (C=O) groups excluding carboxylic acids is 1. The SMILES string of the molecule is CCN(CC(=O)NC(C)(C)C)c1ncccc1[N+](=O)[O-]. The van der Waals surface area contributed by atoms with Crippen molar-refractivity contribution in [3.05, 3.63) is 28.4 Å². The Morgan fingerprint density at radius 2 is 2.15 bits per heavy atom.